The maximum Gasteiger partial charge on any atom is 0.227 e. The van der Waals surface area contributed by atoms with E-state index in [0.29, 0.717) is 0 Å². The molecule has 0 saturated carbocycles. The van der Waals surface area contributed by atoms with Gasteiger partial charge in [-0.1, -0.05) is 24.3 Å². The molecular weight excluding hydrogens is 224 g/mol. The van der Waals surface area contributed by atoms with Crippen molar-refractivity contribution in [1.29, 1.82) is 0 Å². The molecule has 3 nitrogen and oxygen atoms in total. The molecule has 1 atom stereocenters. The van der Waals surface area contributed by atoms with Crippen LogP contribution in [-0.2, 0) is 0 Å². The lowest BCUT2D eigenvalue weighted by Gasteiger charge is -2.08. The van der Waals surface area contributed by atoms with Gasteiger partial charge in [0.1, 0.15) is 0 Å². The molecule has 0 fully saturated rings. The molecule has 0 spiro atoms. The minimum absolute atomic E-state index is 0.00775. The maximum atomic E-state index is 11.6. The summed E-state index contributed by atoms with van der Waals surface area (Å²) in [4.78, 5) is 11.6. The summed E-state index contributed by atoms with van der Waals surface area (Å²) in [5.74, 6) is 0.00775. The van der Waals surface area contributed by atoms with Crippen molar-refractivity contribution in [2.75, 3.05) is 0 Å². The van der Waals surface area contributed by atoms with E-state index in [1.165, 1.54) is 0 Å². The van der Waals surface area contributed by atoms with Crippen LogP contribution in [0.5, 0.6) is 0 Å². The van der Waals surface area contributed by atoms with E-state index in [9.17, 15) is 4.79 Å². The average molecular weight is 242 g/mol. The normalized spacial score (nSPS) is 12.6. The van der Waals surface area contributed by atoms with Crippen molar-refractivity contribution in [2.24, 2.45) is 5.73 Å². The van der Waals surface area contributed by atoms with E-state index < -0.39 is 0 Å². The van der Waals surface area contributed by atoms with Crippen LogP contribution in [0.3, 0.4) is 0 Å². The fourth-order valence-electron chi connectivity index (χ4n) is 2.21. The highest BCUT2D eigenvalue weighted by Gasteiger charge is 2.15. The number of benzene rings is 1. The first-order chi connectivity index (χ1) is 8.65. The zero-order valence-electron chi connectivity index (χ0n) is 10.6. The van der Waals surface area contributed by atoms with E-state index in [1.807, 2.05) is 36.5 Å². The Bertz CT molecular complexity index is 583. The molecule has 1 aromatic heterocycles. The molecule has 0 aliphatic heterocycles. The van der Waals surface area contributed by atoms with Crippen LogP contribution in [0.4, 0.5) is 0 Å². The van der Waals surface area contributed by atoms with Crippen LogP contribution in [0, 0.1) is 0 Å². The number of hydrogen-bond acceptors (Lipinski definition) is 2. The lowest BCUT2D eigenvalue weighted by molar-refractivity contribution is 0.0941. The number of rotatable bonds is 4. The fraction of sp³-hybridized carbons (Fsp3) is 0.267. The highest BCUT2D eigenvalue weighted by atomic mass is 16.1. The molecule has 0 aliphatic carbocycles. The number of fused-ring (bicyclic) bond motifs is 1. The Balaban J connectivity index is 2.50. The SMILES string of the molecule is C=CCC[C@H](N)c1cn(C(C)=O)c2ccccc12. The Hall–Kier alpha value is -1.87. The number of aromatic nitrogens is 1. The summed E-state index contributed by atoms with van der Waals surface area (Å²) in [5, 5.41) is 1.06. The van der Waals surface area contributed by atoms with Crippen LogP contribution in [0.15, 0.2) is 43.1 Å². The molecule has 18 heavy (non-hydrogen) atoms. The fourth-order valence-corrected chi connectivity index (χ4v) is 2.21. The summed E-state index contributed by atoms with van der Waals surface area (Å²) >= 11 is 0. The summed E-state index contributed by atoms with van der Waals surface area (Å²) in [6, 6.07) is 7.80. The van der Waals surface area contributed by atoms with Crippen molar-refractivity contribution in [1.82, 2.24) is 4.57 Å². The van der Waals surface area contributed by atoms with Gasteiger partial charge in [-0.2, -0.15) is 0 Å². The van der Waals surface area contributed by atoms with Crippen LogP contribution in [0.2, 0.25) is 0 Å². The van der Waals surface area contributed by atoms with Crippen LogP contribution >= 0.6 is 0 Å². The largest absolute Gasteiger partial charge is 0.324 e. The molecule has 0 bridgehead atoms. The number of carbonyl (C=O) groups is 1. The minimum atomic E-state index is -0.0616. The smallest absolute Gasteiger partial charge is 0.227 e. The lowest BCUT2D eigenvalue weighted by Crippen LogP contribution is -2.09. The Morgan fingerprint density at radius 2 is 2.22 bits per heavy atom. The number of carbonyl (C=O) groups excluding carboxylic acids is 1. The molecule has 94 valence electrons. The van der Waals surface area contributed by atoms with Crippen molar-refractivity contribution >= 4 is 16.8 Å². The van der Waals surface area contributed by atoms with Gasteiger partial charge in [-0.05, 0) is 24.5 Å². The molecule has 2 N–H and O–H groups in total. The molecule has 0 radical (unpaired) electrons. The first-order valence-corrected chi connectivity index (χ1v) is 6.12. The first-order valence-electron chi connectivity index (χ1n) is 6.12. The van der Waals surface area contributed by atoms with E-state index in [2.05, 4.69) is 6.58 Å². The van der Waals surface area contributed by atoms with Crippen molar-refractivity contribution in [3.63, 3.8) is 0 Å². The molecule has 2 rings (SSSR count). The van der Waals surface area contributed by atoms with E-state index >= 15 is 0 Å². The second kappa shape index (κ2) is 5.19. The monoisotopic (exact) mass is 242 g/mol. The number of nitrogens with two attached hydrogens (primary N) is 1. The molecule has 2 aromatic rings. The topological polar surface area (TPSA) is 48.0 Å². The van der Waals surface area contributed by atoms with Gasteiger partial charge in [-0.25, -0.2) is 0 Å². The Morgan fingerprint density at radius 1 is 1.50 bits per heavy atom. The highest BCUT2D eigenvalue weighted by molar-refractivity contribution is 5.93. The van der Waals surface area contributed by atoms with E-state index in [1.54, 1.807) is 11.5 Å². The molecule has 0 saturated heterocycles. The molecular formula is C15H18N2O. The van der Waals surface area contributed by atoms with Gasteiger partial charge in [0, 0.05) is 24.5 Å². The molecule has 3 heteroatoms. The van der Waals surface area contributed by atoms with Gasteiger partial charge in [-0.3, -0.25) is 9.36 Å². The van der Waals surface area contributed by atoms with Crippen LogP contribution in [0.1, 0.15) is 36.2 Å². The number of nitrogens with zero attached hydrogens (tertiary/aromatic N) is 1. The van der Waals surface area contributed by atoms with Crippen molar-refractivity contribution in [3.05, 3.63) is 48.7 Å². The Morgan fingerprint density at radius 3 is 2.89 bits per heavy atom. The van der Waals surface area contributed by atoms with E-state index in [0.717, 1.165) is 29.3 Å². The van der Waals surface area contributed by atoms with Crippen molar-refractivity contribution < 1.29 is 4.79 Å². The van der Waals surface area contributed by atoms with Gasteiger partial charge in [0.2, 0.25) is 5.91 Å². The minimum Gasteiger partial charge on any atom is -0.324 e. The summed E-state index contributed by atoms with van der Waals surface area (Å²) in [7, 11) is 0. The molecule has 1 aromatic carbocycles. The maximum absolute atomic E-state index is 11.6. The number of hydrogen-bond donors (Lipinski definition) is 1. The third-order valence-electron chi connectivity index (χ3n) is 3.16. The molecule has 0 amide bonds. The summed E-state index contributed by atoms with van der Waals surface area (Å²) in [6.07, 6.45) is 5.45. The van der Waals surface area contributed by atoms with Crippen LogP contribution in [0.25, 0.3) is 10.9 Å². The zero-order valence-corrected chi connectivity index (χ0v) is 10.6. The Kier molecular flexibility index (Phi) is 3.63. The predicted molar refractivity (Wildman–Crippen MR) is 74.6 cm³/mol. The summed E-state index contributed by atoms with van der Waals surface area (Å²) < 4.78 is 1.67. The van der Waals surface area contributed by atoms with E-state index in [-0.39, 0.29) is 11.9 Å². The second-order valence-corrected chi connectivity index (χ2v) is 4.46. The lowest BCUT2D eigenvalue weighted by atomic mass is 10.0. The third-order valence-corrected chi connectivity index (χ3v) is 3.16. The van der Waals surface area contributed by atoms with Gasteiger partial charge in [0.15, 0.2) is 0 Å². The highest BCUT2D eigenvalue weighted by Crippen LogP contribution is 2.27. The standard InChI is InChI=1S/C15H18N2O/c1-3-4-8-14(16)13-10-17(11(2)18)15-9-6-5-7-12(13)15/h3,5-7,9-10,14H,1,4,8,16H2,2H3/t14-/m0/s1. The Labute approximate surface area is 107 Å². The quantitative estimate of drug-likeness (QED) is 0.836. The average Bonchev–Trinajstić information content (AvgIpc) is 2.75. The van der Waals surface area contributed by atoms with Gasteiger partial charge < -0.3 is 5.73 Å². The van der Waals surface area contributed by atoms with Gasteiger partial charge in [-0.15, -0.1) is 6.58 Å². The molecule has 1 heterocycles. The van der Waals surface area contributed by atoms with Crippen LogP contribution < -0.4 is 5.73 Å². The van der Waals surface area contributed by atoms with Gasteiger partial charge >= 0.3 is 0 Å². The van der Waals surface area contributed by atoms with E-state index in [4.69, 9.17) is 5.73 Å². The third kappa shape index (κ3) is 2.22. The zero-order chi connectivity index (χ0) is 13.1. The molecule has 0 aliphatic rings. The van der Waals surface area contributed by atoms with Gasteiger partial charge in [0.05, 0.1) is 5.52 Å². The van der Waals surface area contributed by atoms with Crippen LogP contribution in [-0.4, -0.2) is 10.5 Å². The van der Waals surface area contributed by atoms with Crippen molar-refractivity contribution in [2.45, 2.75) is 25.8 Å². The summed E-state index contributed by atoms with van der Waals surface area (Å²) in [5.41, 5.74) is 8.14. The summed E-state index contributed by atoms with van der Waals surface area (Å²) in [6.45, 7) is 5.27. The van der Waals surface area contributed by atoms with Crippen molar-refractivity contribution in [3.8, 4) is 0 Å². The first kappa shape index (κ1) is 12.6. The molecule has 0 unspecified atom stereocenters. The number of para-hydroxylation sites is 1. The van der Waals surface area contributed by atoms with Gasteiger partial charge in [0.25, 0.3) is 0 Å². The number of allylic oxidation sites excluding steroid dienone is 1. The predicted octanol–water partition coefficient (Wildman–Crippen LogP) is 3.27. The second-order valence-electron chi connectivity index (χ2n) is 4.46.